The Labute approximate surface area is 112 Å². The van der Waals surface area contributed by atoms with Crippen molar-refractivity contribution in [3.63, 3.8) is 0 Å². The van der Waals surface area contributed by atoms with E-state index in [0.29, 0.717) is 0 Å². The van der Waals surface area contributed by atoms with E-state index in [2.05, 4.69) is 34.1 Å². The largest absolute Gasteiger partial charge is 0.326 e. The van der Waals surface area contributed by atoms with Crippen LogP contribution in [-0.2, 0) is 19.4 Å². The second-order valence-corrected chi connectivity index (χ2v) is 5.09. The molecule has 0 atom stereocenters. The van der Waals surface area contributed by atoms with Gasteiger partial charge < -0.3 is 4.98 Å². The van der Waals surface area contributed by atoms with Gasteiger partial charge in [-0.15, -0.1) is 0 Å². The molecule has 1 aromatic heterocycles. The van der Waals surface area contributed by atoms with Crippen LogP contribution in [0.5, 0.6) is 0 Å². The molecule has 0 fully saturated rings. The lowest BCUT2D eigenvalue weighted by Gasteiger charge is -2.19. The fourth-order valence-corrected chi connectivity index (χ4v) is 2.66. The highest BCUT2D eigenvalue weighted by atomic mass is 16.1. The first-order chi connectivity index (χ1) is 9.31. The van der Waals surface area contributed by atoms with E-state index in [4.69, 9.17) is 0 Å². The number of fused-ring (bicyclic) bond motifs is 1. The van der Waals surface area contributed by atoms with Gasteiger partial charge in [-0.1, -0.05) is 36.4 Å². The Bertz CT molecular complexity index is 604. The van der Waals surface area contributed by atoms with Crippen molar-refractivity contribution in [3.05, 3.63) is 69.6 Å². The maximum atomic E-state index is 11.4. The summed E-state index contributed by atoms with van der Waals surface area (Å²) < 4.78 is 0. The molecule has 19 heavy (non-hydrogen) atoms. The van der Waals surface area contributed by atoms with Crippen LogP contribution in [0.3, 0.4) is 0 Å². The van der Waals surface area contributed by atoms with Crippen LogP contribution < -0.4 is 5.56 Å². The van der Waals surface area contributed by atoms with Crippen molar-refractivity contribution in [1.29, 1.82) is 0 Å². The number of hydrogen-bond acceptors (Lipinski definition) is 2. The van der Waals surface area contributed by atoms with Crippen LogP contribution >= 0.6 is 0 Å². The van der Waals surface area contributed by atoms with Crippen LogP contribution in [0, 0.1) is 0 Å². The first kappa shape index (κ1) is 12.2. The molecule has 3 heteroatoms. The smallest absolute Gasteiger partial charge is 0.248 e. The molecule has 0 radical (unpaired) electrons. The van der Waals surface area contributed by atoms with Crippen molar-refractivity contribution in [2.45, 2.75) is 19.4 Å². The van der Waals surface area contributed by atoms with Gasteiger partial charge in [0.15, 0.2) is 0 Å². The lowest BCUT2D eigenvalue weighted by Crippen LogP contribution is -2.25. The van der Waals surface area contributed by atoms with Gasteiger partial charge in [-0.25, -0.2) is 0 Å². The standard InChI is InChI=1S/C16H18N2O/c19-16-7-6-14-8-10-18(11-9-15(14)17-16)12-13-4-2-1-3-5-13/h1-7H,8-12H2,(H,17,19). The molecule has 0 unspecified atom stereocenters. The van der Waals surface area contributed by atoms with Gasteiger partial charge in [0, 0.05) is 37.8 Å². The second-order valence-electron chi connectivity index (χ2n) is 5.09. The molecule has 0 saturated heterocycles. The van der Waals surface area contributed by atoms with E-state index in [9.17, 15) is 4.79 Å². The molecule has 3 rings (SSSR count). The highest BCUT2D eigenvalue weighted by molar-refractivity contribution is 5.22. The van der Waals surface area contributed by atoms with Crippen molar-refractivity contribution in [2.75, 3.05) is 13.1 Å². The van der Waals surface area contributed by atoms with Gasteiger partial charge in [-0.05, 0) is 17.5 Å². The Hall–Kier alpha value is -1.87. The number of hydrogen-bond donors (Lipinski definition) is 1. The molecule has 0 bridgehead atoms. The molecule has 1 aliphatic rings. The minimum atomic E-state index is 0.00950. The molecule has 0 spiro atoms. The van der Waals surface area contributed by atoms with Crippen molar-refractivity contribution in [2.24, 2.45) is 0 Å². The van der Waals surface area contributed by atoms with Crippen LogP contribution in [0.4, 0.5) is 0 Å². The third-order valence-electron chi connectivity index (χ3n) is 3.72. The summed E-state index contributed by atoms with van der Waals surface area (Å²) in [6, 6.07) is 14.1. The number of nitrogens with zero attached hydrogens (tertiary/aromatic N) is 1. The predicted molar refractivity (Wildman–Crippen MR) is 76.2 cm³/mol. The molecule has 1 N–H and O–H groups in total. The molecule has 0 saturated carbocycles. The van der Waals surface area contributed by atoms with Crippen LogP contribution in [0.25, 0.3) is 0 Å². The normalized spacial score (nSPS) is 15.8. The number of aromatic nitrogens is 1. The van der Waals surface area contributed by atoms with Gasteiger partial charge in [-0.3, -0.25) is 9.69 Å². The Morgan fingerprint density at radius 3 is 2.63 bits per heavy atom. The van der Waals surface area contributed by atoms with Crippen LogP contribution in [0.15, 0.2) is 47.3 Å². The topological polar surface area (TPSA) is 36.1 Å². The van der Waals surface area contributed by atoms with Gasteiger partial charge >= 0.3 is 0 Å². The Balaban J connectivity index is 1.71. The first-order valence-corrected chi connectivity index (χ1v) is 6.78. The Kier molecular flexibility index (Phi) is 3.47. The molecule has 2 aromatic rings. The molecule has 98 valence electrons. The third-order valence-corrected chi connectivity index (χ3v) is 3.72. The Morgan fingerprint density at radius 2 is 1.79 bits per heavy atom. The molecular formula is C16H18N2O. The van der Waals surface area contributed by atoms with Gasteiger partial charge in [0.2, 0.25) is 5.56 Å². The monoisotopic (exact) mass is 254 g/mol. The minimum absolute atomic E-state index is 0.00950. The zero-order valence-corrected chi connectivity index (χ0v) is 10.9. The average Bonchev–Trinajstić information content (AvgIpc) is 2.63. The molecule has 0 aliphatic carbocycles. The van der Waals surface area contributed by atoms with Crippen molar-refractivity contribution in [3.8, 4) is 0 Å². The molecule has 3 nitrogen and oxygen atoms in total. The summed E-state index contributed by atoms with van der Waals surface area (Å²) in [6.45, 7) is 3.04. The third kappa shape index (κ3) is 2.93. The van der Waals surface area contributed by atoms with Crippen molar-refractivity contribution in [1.82, 2.24) is 9.88 Å². The molecule has 2 heterocycles. The second kappa shape index (κ2) is 5.41. The number of H-pyrrole nitrogens is 1. The van der Waals surface area contributed by atoms with E-state index in [1.807, 2.05) is 12.1 Å². The number of aromatic amines is 1. The van der Waals surface area contributed by atoms with E-state index in [0.717, 1.165) is 38.2 Å². The summed E-state index contributed by atoms with van der Waals surface area (Å²) in [4.78, 5) is 16.8. The van der Waals surface area contributed by atoms with Gasteiger partial charge in [0.1, 0.15) is 0 Å². The summed E-state index contributed by atoms with van der Waals surface area (Å²) in [6.07, 6.45) is 1.94. The summed E-state index contributed by atoms with van der Waals surface area (Å²) >= 11 is 0. The minimum Gasteiger partial charge on any atom is -0.326 e. The van der Waals surface area contributed by atoms with Crippen LogP contribution in [0.1, 0.15) is 16.8 Å². The lowest BCUT2D eigenvalue weighted by molar-refractivity contribution is 0.279. The van der Waals surface area contributed by atoms with E-state index in [1.54, 1.807) is 6.07 Å². The highest BCUT2D eigenvalue weighted by Gasteiger charge is 2.14. The fourth-order valence-electron chi connectivity index (χ4n) is 2.66. The zero-order valence-electron chi connectivity index (χ0n) is 10.9. The number of pyridine rings is 1. The summed E-state index contributed by atoms with van der Waals surface area (Å²) in [5, 5.41) is 0. The number of rotatable bonds is 2. The summed E-state index contributed by atoms with van der Waals surface area (Å²) in [7, 11) is 0. The maximum Gasteiger partial charge on any atom is 0.248 e. The van der Waals surface area contributed by atoms with Crippen LogP contribution in [-0.4, -0.2) is 23.0 Å². The van der Waals surface area contributed by atoms with Gasteiger partial charge in [0.25, 0.3) is 0 Å². The van der Waals surface area contributed by atoms with Crippen molar-refractivity contribution >= 4 is 0 Å². The van der Waals surface area contributed by atoms with E-state index >= 15 is 0 Å². The van der Waals surface area contributed by atoms with E-state index in [-0.39, 0.29) is 5.56 Å². The fraction of sp³-hybridized carbons (Fsp3) is 0.312. The van der Waals surface area contributed by atoms with Gasteiger partial charge in [0.05, 0.1) is 0 Å². The zero-order chi connectivity index (χ0) is 13.1. The average molecular weight is 254 g/mol. The maximum absolute atomic E-state index is 11.4. The first-order valence-electron chi connectivity index (χ1n) is 6.78. The lowest BCUT2D eigenvalue weighted by atomic mass is 10.1. The Morgan fingerprint density at radius 1 is 1.00 bits per heavy atom. The molecule has 0 amide bonds. The molecule has 1 aromatic carbocycles. The number of benzene rings is 1. The van der Waals surface area contributed by atoms with Gasteiger partial charge in [-0.2, -0.15) is 0 Å². The summed E-state index contributed by atoms with van der Waals surface area (Å²) in [5.41, 5.74) is 3.76. The predicted octanol–water partition coefficient (Wildman–Crippen LogP) is 1.98. The highest BCUT2D eigenvalue weighted by Crippen LogP contribution is 2.14. The molecule has 1 aliphatic heterocycles. The van der Waals surface area contributed by atoms with E-state index < -0.39 is 0 Å². The van der Waals surface area contributed by atoms with E-state index in [1.165, 1.54) is 11.1 Å². The quantitative estimate of drug-likeness (QED) is 0.889. The molecular weight excluding hydrogens is 236 g/mol. The van der Waals surface area contributed by atoms with Crippen molar-refractivity contribution < 1.29 is 0 Å². The SMILES string of the molecule is O=c1ccc2c([nH]1)CCN(Cc1ccccc1)CC2. The summed E-state index contributed by atoms with van der Waals surface area (Å²) in [5.74, 6) is 0. The number of nitrogens with one attached hydrogen (secondary N) is 1. The van der Waals surface area contributed by atoms with Crippen LogP contribution in [0.2, 0.25) is 0 Å².